The Morgan fingerprint density at radius 2 is 2.04 bits per heavy atom. The topological polar surface area (TPSA) is 72.0 Å². The van der Waals surface area contributed by atoms with Crippen LogP contribution in [0.25, 0.3) is 0 Å². The van der Waals surface area contributed by atoms with E-state index in [2.05, 4.69) is 15.8 Å². The molecule has 9 heteroatoms. The molecule has 1 aromatic rings. The van der Waals surface area contributed by atoms with E-state index in [4.69, 9.17) is 9.47 Å². The number of nitrogens with zero attached hydrogens (tertiary/aromatic N) is 1. The fourth-order valence-electron chi connectivity index (χ4n) is 2.78. The molecule has 2 heterocycles. The quantitative estimate of drug-likeness (QED) is 0.869. The lowest BCUT2D eigenvalue weighted by atomic mass is 9.99. The number of carbonyl (C=O) groups is 1. The van der Waals surface area contributed by atoms with Gasteiger partial charge in [0.25, 0.3) is 0 Å². The standard InChI is InChI=1S/C16H18F3N3O3/c17-16(18,19)12-7-11(14-9-25-15(23)22-21-14)1-2-13(12)20-8-10-3-5-24-6-4-10/h1-2,7,10,20H,3-6,8-9H2,(H,22,23). The van der Waals surface area contributed by atoms with Gasteiger partial charge in [-0.3, -0.25) is 0 Å². The Labute approximate surface area is 142 Å². The fourth-order valence-corrected chi connectivity index (χ4v) is 2.78. The zero-order chi connectivity index (χ0) is 17.9. The molecule has 0 unspecified atom stereocenters. The van der Waals surface area contributed by atoms with Gasteiger partial charge in [-0.1, -0.05) is 6.07 Å². The van der Waals surface area contributed by atoms with Crippen molar-refractivity contribution in [1.29, 1.82) is 0 Å². The summed E-state index contributed by atoms with van der Waals surface area (Å²) >= 11 is 0. The van der Waals surface area contributed by atoms with Crippen LogP contribution in [0, 0.1) is 5.92 Å². The van der Waals surface area contributed by atoms with Crippen molar-refractivity contribution in [2.24, 2.45) is 11.0 Å². The maximum Gasteiger partial charge on any atom is 0.428 e. The number of anilines is 1. The second kappa shape index (κ2) is 7.30. The van der Waals surface area contributed by atoms with Crippen LogP contribution in [0.3, 0.4) is 0 Å². The summed E-state index contributed by atoms with van der Waals surface area (Å²) in [5, 5.41) is 6.65. The number of benzene rings is 1. The highest BCUT2D eigenvalue weighted by Gasteiger charge is 2.34. The molecule has 1 amide bonds. The van der Waals surface area contributed by atoms with Crippen LogP contribution >= 0.6 is 0 Å². The highest BCUT2D eigenvalue weighted by Crippen LogP contribution is 2.36. The maximum absolute atomic E-state index is 13.4. The van der Waals surface area contributed by atoms with Gasteiger partial charge in [0.2, 0.25) is 0 Å². The second-order valence-corrected chi connectivity index (χ2v) is 5.94. The van der Waals surface area contributed by atoms with Crippen molar-refractivity contribution < 1.29 is 27.4 Å². The molecule has 1 fully saturated rings. The van der Waals surface area contributed by atoms with E-state index in [0.717, 1.165) is 18.9 Å². The normalized spacial score (nSPS) is 19.0. The number of hydrogen-bond donors (Lipinski definition) is 2. The number of cyclic esters (lactones) is 1. The number of ether oxygens (including phenoxy) is 2. The summed E-state index contributed by atoms with van der Waals surface area (Å²) in [5.41, 5.74) is 1.85. The van der Waals surface area contributed by atoms with Crippen LogP contribution in [0.1, 0.15) is 24.0 Å². The first-order chi connectivity index (χ1) is 11.9. The predicted molar refractivity (Wildman–Crippen MR) is 84.5 cm³/mol. The molecule has 6 nitrogen and oxygen atoms in total. The maximum atomic E-state index is 13.4. The van der Waals surface area contributed by atoms with Crippen LogP contribution in [0.5, 0.6) is 0 Å². The van der Waals surface area contributed by atoms with Crippen molar-refractivity contribution in [1.82, 2.24) is 5.43 Å². The molecule has 0 aromatic heterocycles. The van der Waals surface area contributed by atoms with E-state index < -0.39 is 17.8 Å². The van der Waals surface area contributed by atoms with E-state index in [0.29, 0.717) is 25.7 Å². The Balaban J connectivity index is 1.79. The number of carbonyl (C=O) groups excluding carboxylic acids is 1. The Hall–Kier alpha value is -2.29. The molecule has 1 aromatic carbocycles. The van der Waals surface area contributed by atoms with Gasteiger partial charge in [-0.15, -0.1) is 0 Å². The number of hydrazone groups is 1. The lowest BCUT2D eigenvalue weighted by Gasteiger charge is -2.24. The first-order valence-corrected chi connectivity index (χ1v) is 7.96. The zero-order valence-electron chi connectivity index (χ0n) is 13.4. The SMILES string of the molecule is O=C1NN=C(c2ccc(NCC3CCOCC3)c(C(F)(F)F)c2)CO1. The van der Waals surface area contributed by atoms with Gasteiger partial charge in [-0.25, -0.2) is 10.2 Å². The molecule has 0 spiro atoms. The molecule has 0 saturated carbocycles. The monoisotopic (exact) mass is 357 g/mol. The lowest BCUT2D eigenvalue weighted by Crippen LogP contribution is -2.31. The Kier molecular flexibility index (Phi) is 5.12. The number of rotatable bonds is 4. The van der Waals surface area contributed by atoms with Crippen LogP contribution in [0.4, 0.5) is 23.7 Å². The lowest BCUT2D eigenvalue weighted by molar-refractivity contribution is -0.137. The molecular weight excluding hydrogens is 339 g/mol. The largest absolute Gasteiger partial charge is 0.442 e. The number of halogens is 3. The molecule has 0 aliphatic carbocycles. The minimum Gasteiger partial charge on any atom is -0.442 e. The Morgan fingerprint density at radius 3 is 2.68 bits per heavy atom. The van der Waals surface area contributed by atoms with Crippen molar-refractivity contribution in [2.75, 3.05) is 31.7 Å². The van der Waals surface area contributed by atoms with Gasteiger partial charge in [-0.2, -0.15) is 18.3 Å². The molecule has 1 saturated heterocycles. The van der Waals surface area contributed by atoms with E-state index >= 15 is 0 Å². The second-order valence-electron chi connectivity index (χ2n) is 5.94. The van der Waals surface area contributed by atoms with E-state index in [1.54, 1.807) is 0 Å². The molecule has 0 bridgehead atoms. The van der Waals surface area contributed by atoms with Crippen molar-refractivity contribution in [3.8, 4) is 0 Å². The highest BCUT2D eigenvalue weighted by atomic mass is 19.4. The van der Waals surface area contributed by atoms with Gasteiger partial charge >= 0.3 is 12.3 Å². The number of hydrogen-bond acceptors (Lipinski definition) is 5. The van der Waals surface area contributed by atoms with Crippen molar-refractivity contribution in [2.45, 2.75) is 19.0 Å². The Bertz CT molecular complexity index is 670. The Morgan fingerprint density at radius 1 is 1.28 bits per heavy atom. The average Bonchev–Trinajstić information content (AvgIpc) is 2.61. The third-order valence-electron chi connectivity index (χ3n) is 4.20. The van der Waals surface area contributed by atoms with Crippen LogP contribution < -0.4 is 10.7 Å². The summed E-state index contributed by atoms with van der Waals surface area (Å²) < 4.78 is 50.3. The molecule has 3 rings (SSSR count). The van der Waals surface area contributed by atoms with Gasteiger partial charge in [0.1, 0.15) is 12.3 Å². The third-order valence-corrected chi connectivity index (χ3v) is 4.20. The third kappa shape index (κ3) is 4.41. The van der Waals surface area contributed by atoms with Crippen LogP contribution in [0.2, 0.25) is 0 Å². The summed E-state index contributed by atoms with van der Waals surface area (Å²) in [4.78, 5) is 10.9. The van der Waals surface area contributed by atoms with Gasteiger partial charge in [0.15, 0.2) is 0 Å². The highest BCUT2D eigenvalue weighted by molar-refractivity contribution is 6.04. The van der Waals surface area contributed by atoms with E-state index in [9.17, 15) is 18.0 Å². The minimum absolute atomic E-state index is 0.0316. The van der Waals surface area contributed by atoms with E-state index in [-0.39, 0.29) is 23.6 Å². The molecule has 25 heavy (non-hydrogen) atoms. The molecular formula is C16H18F3N3O3. The number of alkyl halides is 3. The first-order valence-electron chi connectivity index (χ1n) is 7.96. The summed E-state index contributed by atoms with van der Waals surface area (Å²) in [5.74, 6) is 0.292. The fraction of sp³-hybridized carbons (Fsp3) is 0.500. The van der Waals surface area contributed by atoms with Crippen LogP contribution in [-0.2, 0) is 15.7 Å². The molecule has 0 radical (unpaired) electrons. The van der Waals surface area contributed by atoms with Crippen molar-refractivity contribution >= 4 is 17.5 Å². The van der Waals surface area contributed by atoms with Gasteiger partial charge in [0, 0.05) is 31.0 Å². The van der Waals surface area contributed by atoms with Crippen molar-refractivity contribution in [3.05, 3.63) is 29.3 Å². The van der Waals surface area contributed by atoms with Gasteiger partial charge in [0.05, 0.1) is 5.56 Å². The van der Waals surface area contributed by atoms with Crippen molar-refractivity contribution in [3.63, 3.8) is 0 Å². The molecule has 136 valence electrons. The summed E-state index contributed by atoms with van der Waals surface area (Å²) in [6, 6.07) is 3.93. The molecule has 2 N–H and O–H groups in total. The smallest absolute Gasteiger partial charge is 0.428 e. The predicted octanol–water partition coefficient (Wildman–Crippen LogP) is 2.99. The number of amides is 1. The van der Waals surface area contributed by atoms with Gasteiger partial charge in [-0.05, 0) is 30.9 Å². The zero-order valence-corrected chi connectivity index (χ0v) is 13.4. The summed E-state index contributed by atoms with van der Waals surface area (Å²) in [6.45, 7) is 1.58. The molecule has 2 aliphatic rings. The first kappa shape index (κ1) is 17.5. The summed E-state index contributed by atoms with van der Waals surface area (Å²) in [6.07, 6.45) is -3.57. The van der Waals surface area contributed by atoms with Crippen LogP contribution in [-0.4, -0.2) is 38.2 Å². The van der Waals surface area contributed by atoms with E-state index in [1.807, 2.05) is 0 Å². The van der Waals surface area contributed by atoms with Crippen LogP contribution in [0.15, 0.2) is 23.3 Å². The van der Waals surface area contributed by atoms with E-state index in [1.165, 1.54) is 12.1 Å². The molecule has 0 atom stereocenters. The number of nitrogens with one attached hydrogen (secondary N) is 2. The molecule has 2 aliphatic heterocycles. The summed E-state index contributed by atoms with van der Waals surface area (Å²) in [7, 11) is 0. The van der Waals surface area contributed by atoms with Gasteiger partial charge < -0.3 is 14.8 Å². The minimum atomic E-state index is -4.51. The average molecular weight is 357 g/mol.